The van der Waals surface area contributed by atoms with Crippen molar-refractivity contribution in [1.29, 1.82) is 0 Å². The number of amides is 1. The average molecular weight is 378 g/mol. The van der Waals surface area contributed by atoms with Gasteiger partial charge in [-0.05, 0) is 13.0 Å². The van der Waals surface area contributed by atoms with Gasteiger partial charge in [0.1, 0.15) is 0 Å². The van der Waals surface area contributed by atoms with E-state index in [0.717, 1.165) is 35.4 Å². The molecule has 122 valence electrons. The van der Waals surface area contributed by atoms with Crippen molar-refractivity contribution < 1.29 is 9.21 Å². The maximum Gasteiger partial charge on any atom is 0.223 e. The minimum Gasteiger partial charge on any atom is -0.441 e. The number of nitrogens with one attached hydrogen (secondary N) is 1. The van der Waals surface area contributed by atoms with Gasteiger partial charge in [0.05, 0.1) is 6.20 Å². The Bertz CT molecular complexity index is 686. The standard InChI is InChI=1S/C17H20BrN3O2/c1-12-10-19-8-9-21(12)17(22)7-6-16-20-11-15(23-16)13-4-2-3-5-14(13)18/h2-5,11-12,19H,6-10H2,1H3/t12-/m0/s1. The van der Waals surface area contributed by atoms with E-state index in [1.165, 1.54) is 0 Å². The van der Waals surface area contributed by atoms with Crippen LogP contribution in [0.15, 0.2) is 39.4 Å². The van der Waals surface area contributed by atoms with Crippen LogP contribution in [0.2, 0.25) is 0 Å². The zero-order valence-electron chi connectivity index (χ0n) is 13.1. The Balaban J connectivity index is 1.61. The molecule has 0 aliphatic carbocycles. The molecule has 0 saturated carbocycles. The Hall–Kier alpha value is -1.66. The van der Waals surface area contributed by atoms with E-state index in [0.29, 0.717) is 18.7 Å². The molecular weight excluding hydrogens is 358 g/mol. The predicted molar refractivity (Wildman–Crippen MR) is 92.0 cm³/mol. The second kappa shape index (κ2) is 7.27. The van der Waals surface area contributed by atoms with Crippen LogP contribution in [0.5, 0.6) is 0 Å². The first-order valence-corrected chi connectivity index (χ1v) is 8.64. The Morgan fingerprint density at radius 2 is 2.30 bits per heavy atom. The molecule has 0 bridgehead atoms. The van der Waals surface area contributed by atoms with Gasteiger partial charge in [0.15, 0.2) is 11.7 Å². The lowest BCUT2D eigenvalue weighted by Crippen LogP contribution is -2.52. The van der Waals surface area contributed by atoms with Crippen molar-refractivity contribution in [2.24, 2.45) is 0 Å². The molecule has 1 aliphatic rings. The first-order valence-electron chi connectivity index (χ1n) is 7.85. The minimum absolute atomic E-state index is 0.166. The molecule has 1 amide bonds. The summed E-state index contributed by atoms with van der Waals surface area (Å²) in [5.41, 5.74) is 0.966. The quantitative estimate of drug-likeness (QED) is 0.889. The molecule has 1 aromatic heterocycles. The number of piperazine rings is 1. The number of carbonyl (C=O) groups excluding carboxylic acids is 1. The van der Waals surface area contributed by atoms with Gasteiger partial charge < -0.3 is 14.6 Å². The molecule has 1 atom stereocenters. The monoisotopic (exact) mass is 377 g/mol. The number of aryl methyl sites for hydroxylation is 1. The number of benzene rings is 1. The molecule has 1 fully saturated rings. The van der Waals surface area contributed by atoms with Crippen molar-refractivity contribution in [1.82, 2.24) is 15.2 Å². The highest BCUT2D eigenvalue weighted by molar-refractivity contribution is 9.10. The van der Waals surface area contributed by atoms with E-state index in [2.05, 4.69) is 33.2 Å². The lowest BCUT2D eigenvalue weighted by molar-refractivity contribution is -0.134. The van der Waals surface area contributed by atoms with Crippen molar-refractivity contribution in [2.45, 2.75) is 25.8 Å². The summed E-state index contributed by atoms with van der Waals surface area (Å²) in [6.45, 7) is 4.56. The van der Waals surface area contributed by atoms with Crippen LogP contribution in [0, 0.1) is 0 Å². The Morgan fingerprint density at radius 1 is 1.48 bits per heavy atom. The van der Waals surface area contributed by atoms with Gasteiger partial charge in [-0.2, -0.15) is 0 Å². The van der Waals surface area contributed by atoms with Gasteiger partial charge in [-0.1, -0.05) is 34.1 Å². The van der Waals surface area contributed by atoms with Crippen LogP contribution in [0.25, 0.3) is 11.3 Å². The van der Waals surface area contributed by atoms with Crippen molar-refractivity contribution in [2.75, 3.05) is 19.6 Å². The van der Waals surface area contributed by atoms with Crippen molar-refractivity contribution in [3.63, 3.8) is 0 Å². The second-order valence-corrected chi connectivity index (χ2v) is 6.59. The third-order valence-corrected chi connectivity index (χ3v) is 4.76. The summed E-state index contributed by atoms with van der Waals surface area (Å²) < 4.78 is 6.76. The van der Waals surface area contributed by atoms with E-state index in [-0.39, 0.29) is 11.9 Å². The molecule has 1 saturated heterocycles. The SMILES string of the molecule is C[C@H]1CNCCN1C(=O)CCc1ncc(-c2ccccc2Br)o1. The minimum atomic E-state index is 0.166. The fraction of sp³-hybridized carbons (Fsp3) is 0.412. The van der Waals surface area contributed by atoms with Crippen LogP contribution in [-0.2, 0) is 11.2 Å². The predicted octanol–water partition coefficient (Wildman–Crippen LogP) is 2.86. The fourth-order valence-corrected chi connectivity index (χ4v) is 3.26. The second-order valence-electron chi connectivity index (χ2n) is 5.74. The number of carbonyl (C=O) groups is 1. The Morgan fingerprint density at radius 3 is 3.09 bits per heavy atom. The van der Waals surface area contributed by atoms with Gasteiger partial charge in [0, 0.05) is 48.6 Å². The lowest BCUT2D eigenvalue weighted by Gasteiger charge is -2.34. The molecule has 0 unspecified atom stereocenters. The summed E-state index contributed by atoms with van der Waals surface area (Å²) in [5.74, 6) is 1.49. The number of hydrogen-bond acceptors (Lipinski definition) is 4. The normalized spacial score (nSPS) is 18.2. The largest absolute Gasteiger partial charge is 0.441 e. The van der Waals surface area contributed by atoms with Crippen LogP contribution in [0.3, 0.4) is 0 Å². The molecule has 2 aromatic rings. The van der Waals surface area contributed by atoms with E-state index >= 15 is 0 Å². The maximum absolute atomic E-state index is 12.3. The van der Waals surface area contributed by atoms with E-state index in [1.807, 2.05) is 29.2 Å². The van der Waals surface area contributed by atoms with Gasteiger partial charge in [-0.25, -0.2) is 4.98 Å². The van der Waals surface area contributed by atoms with Gasteiger partial charge in [0.25, 0.3) is 0 Å². The lowest BCUT2D eigenvalue weighted by atomic mass is 10.2. The van der Waals surface area contributed by atoms with Crippen LogP contribution in [-0.4, -0.2) is 41.5 Å². The topological polar surface area (TPSA) is 58.4 Å². The molecule has 1 aromatic carbocycles. The van der Waals surface area contributed by atoms with E-state index in [1.54, 1.807) is 6.20 Å². The average Bonchev–Trinajstić information content (AvgIpc) is 3.02. The zero-order valence-corrected chi connectivity index (χ0v) is 14.7. The highest BCUT2D eigenvalue weighted by Crippen LogP contribution is 2.28. The highest BCUT2D eigenvalue weighted by atomic mass is 79.9. The third-order valence-electron chi connectivity index (χ3n) is 4.07. The highest BCUT2D eigenvalue weighted by Gasteiger charge is 2.23. The molecule has 5 nitrogen and oxygen atoms in total. The molecule has 1 aliphatic heterocycles. The van der Waals surface area contributed by atoms with Crippen LogP contribution >= 0.6 is 15.9 Å². The number of rotatable bonds is 4. The zero-order chi connectivity index (χ0) is 16.2. The molecule has 2 heterocycles. The van der Waals surface area contributed by atoms with Gasteiger partial charge in [0.2, 0.25) is 5.91 Å². The van der Waals surface area contributed by atoms with Crippen molar-refractivity contribution in [3.05, 3.63) is 40.8 Å². The molecule has 0 radical (unpaired) electrons. The number of nitrogens with zero attached hydrogens (tertiary/aromatic N) is 2. The molecule has 6 heteroatoms. The van der Waals surface area contributed by atoms with Crippen LogP contribution in [0.1, 0.15) is 19.2 Å². The first-order chi connectivity index (χ1) is 11.1. The Kier molecular flexibility index (Phi) is 5.13. The molecule has 3 rings (SSSR count). The number of hydrogen-bond donors (Lipinski definition) is 1. The number of aromatic nitrogens is 1. The number of halogens is 1. The molecule has 23 heavy (non-hydrogen) atoms. The molecular formula is C17H20BrN3O2. The maximum atomic E-state index is 12.3. The molecule has 0 spiro atoms. The summed E-state index contributed by atoms with van der Waals surface area (Å²) in [5, 5.41) is 3.29. The van der Waals surface area contributed by atoms with Gasteiger partial charge in [-0.3, -0.25) is 4.79 Å². The summed E-state index contributed by atoms with van der Waals surface area (Å²) in [6, 6.07) is 8.10. The smallest absolute Gasteiger partial charge is 0.223 e. The van der Waals surface area contributed by atoms with Gasteiger partial charge in [-0.15, -0.1) is 0 Å². The van der Waals surface area contributed by atoms with E-state index < -0.39 is 0 Å². The van der Waals surface area contributed by atoms with Crippen molar-refractivity contribution >= 4 is 21.8 Å². The van der Waals surface area contributed by atoms with Crippen LogP contribution < -0.4 is 5.32 Å². The van der Waals surface area contributed by atoms with Crippen molar-refractivity contribution in [3.8, 4) is 11.3 Å². The molecule has 1 N–H and O–H groups in total. The Labute approximate surface area is 144 Å². The summed E-state index contributed by atoms with van der Waals surface area (Å²) >= 11 is 3.51. The number of oxazole rings is 1. The summed E-state index contributed by atoms with van der Waals surface area (Å²) in [7, 11) is 0. The van der Waals surface area contributed by atoms with Gasteiger partial charge >= 0.3 is 0 Å². The van der Waals surface area contributed by atoms with E-state index in [4.69, 9.17) is 4.42 Å². The first kappa shape index (κ1) is 16.2. The van der Waals surface area contributed by atoms with Crippen LogP contribution in [0.4, 0.5) is 0 Å². The third kappa shape index (κ3) is 3.82. The van der Waals surface area contributed by atoms with E-state index in [9.17, 15) is 4.79 Å². The summed E-state index contributed by atoms with van der Waals surface area (Å²) in [6.07, 6.45) is 2.67. The fourth-order valence-electron chi connectivity index (χ4n) is 2.78. The summed E-state index contributed by atoms with van der Waals surface area (Å²) in [4.78, 5) is 18.6.